The summed E-state index contributed by atoms with van der Waals surface area (Å²) in [7, 11) is -0.224. The molecule has 5 aromatic rings. The normalized spacial score (nSPS) is 11.5. The number of hydrogen-bond donors (Lipinski definition) is 0. The topological polar surface area (TPSA) is 35.5 Å². The number of ether oxygens (including phenoxy) is 2. The van der Waals surface area contributed by atoms with Gasteiger partial charge in [0.2, 0.25) is 0 Å². The number of benzene rings is 4. The Balaban J connectivity index is 1.26. The van der Waals surface area contributed by atoms with E-state index in [0.717, 1.165) is 10.9 Å². The van der Waals surface area contributed by atoms with Crippen LogP contribution in [-0.2, 0) is 26.0 Å². The number of rotatable bonds is 8. The summed E-state index contributed by atoms with van der Waals surface area (Å²) in [6.45, 7) is 3.69. The van der Waals surface area contributed by atoms with E-state index < -0.39 is 11.6 Å². The van der Waals surface area contributed by atoms with Crippen LogP contribution in [0.1, 0.15) is 19.4 Å². The van der Waals surface area contributed by atoms with E-state index in [2.05, 4.69) is 78.2 Å². The van der Waals surface area contributed by atoms with Crippen molar-refractivity contribution in [2.75, 3.05) is 6.61 Å². The Morgan fingerprint density at radius 3 is 1.94 bits per heavy atom. The number of carbonyl (C=O) groups is 1. The van der Waals surface area contributed by atoms with Crippen LogP contribution in [0, 0.1) is 0 Å². The van der Waals surface area contributed by atoms with Crippen LogP contribution in [0.5, 0.6) is 5.75 Å². The molecule has 0 spiro atoms. The molecule has 0 amide bonds. The van der Waals surface area contributed by atoms with Crippen molar-refractivity contribution in [3.63, 3.8) is 0 Å². The molecule has 0 bridgehead atoms. The van der Waals surface area contributed by atoms with Crippen LogP contribution in [0.15, 0.2) is 129 Å². The van der Waals surface area contributed by atoms with Crippen LogP contribution in [0.4, 0.5) is 0 Å². The summed E-state index contributed by atoms with van der Waals surface area (Å²) >= 11 is 1.66. The molecule has 1 aromatic heterocycles. The zero-order valence-electron chi connectivity index (χ0n) is 20.2. The lowest BCUT2D eigenvalue weighted by Gasteiger charge is -2.25. The van der Waals surface area contributed by atoms with E-state index in [-0.39, 0.29) is 17.5 Å². The third kappa shape index (κ3) is 5.32. The van der Waals surface area contributed by atoms with Gasteiger partial charge in [0, 0.05) is 10.3 Å². The van der Waals surface area contributed by atoms with Crippen molar-refractivity contribution < 1.29 is 14.3 Å². The van der Waals surface area contributed by atoms with E-state index in [1.807, 2.05) is 50.2 Å². The molecule has 0 atom stereocenters. The van der Waals surface area contributed by atoms with Crippen LogP contribution in [0.2, 0.25) is 0 Å². The van der Waals surface area contributed by atoms with Gasteiger partial charge in [-0.3, -0.25) is 0 Å². The van der Waals surface area contributed by atoms with Gasteiger partial charge in [0.1, 0.15) is 11.4 Å². The van der Waals surface area contributed by atoms with Crippen LogP contribution < -0.4 is 4.74 Å². The van der Waals surface area contributed by atoms with Crippen LogP contribution in [-0.4, -0.2) is 12.6 Å². The molecular weight excluding hydrogens is 484 g/mol. The molecule has 0 unspecified atom stereocenters. The number of hydrogen-bond acceptors (Lipinski definition) is 4. The number of carbonyl (C=O) groups excluding carboxylic acids is 1. The zero-order valence-corrected chi connectivity index (χ0v) is 21.9. The second-order valence-corrected chi connectivity index (χ2v) is 11.8. The molecule has 0 radical (unpaired) electrons. The predicted octanol–water partition coefficient (Wildman–Crippen LogP) is 7.85. The minimum atomic E-state index is -0.746. The van der Waals surface area contributed by atoms with Crippen LogP contribution in [0.3, 0.4) is 0 Å². The Morgan fingerprint density at radius 2 is 1.31 bits per heavy atom. The molecule has 5 heteroatoms. The van der Waals surface area contributed by atoms with E-state index in [1.165, 1.54) is 19.4 Å². The zero-order chi connectivity index (χ0) is 25.0. The highest BCUT2D eigenvalue weighted by Gasteiger charge is 2.29. The van der Waals surface area contributed by atoms with E-state index in [9.17, 15) is 4.79 Å². The SMILES string of the molecule is CC(C)(OC(=O)COc1ccc([S+](c2ccccc2)c2ccccc2)cc1)c1csc2ccccc12. The van der Waals surface area contributed by atoms with Gasteiger partial charge in [-0.2, -0.15) is 0 Å². The lowest BCUT2D eigenvalue weighted by atomic mass is 9.97. The first-order valence-electron chi connectivity index (χ1n) is 11.8. The van der Waals surface area contributed by atoms with Gasteiger partial charge in [-0.25, -0.2) is 4.79 Å². The van der Waals surface area contributed by atoms with Crippen molar-refractivity contribution >= 4 is 38.3 Å². The van der Waals surface area contributed by atoms with Crippen molar-refractivity contribution in [2.45, 2.75) is 34.1 Å². The van der Waals surface area contributed by atoms with E-state index in [0.29, 0.717) is 5.75 Å². The van der Waals surface area contributed by atoms with E-state index >= 15 is 0 Å². The summed E-state index contributed by atoms with van der Waals surface area (Å²) in [5, 5.41) is 3.18. The number of esters is 1. The maximum absolute atomic E-state index is 12.7. The predicted molar refractivity (Wildman–Crippen MR) is 148 cm³/mol. The standard InChI is InChI=1S/C31H27O3S2/c1-31(2,28-22-35-29-16-10-9-15-27(28)29)34-30(32)21-33-23-17-19-26(20-18-23)36(24-11-5-3-6-12-24)25-13-7-4-8-14-25/h3-20,22H,21H2,1-2H3/q+1. The Labute approximate surface area is 218 Å². The Hall–Kier alpha value is -3.54. The third-order valence-corrected chi connectivity index (χ3v) is 9.07. The largest absolute Gasteiger partial charge is 0.482 e. The van der Waals surface area contributed by atoms with Gasteiger partial charge in [0.05, 0.1) is 10.9 Å². The maximum Gasteiger partial charge on any atom is 0.345 e. The molecule has 180 valence electrons. The first kappa shape index (κ1) is 24.2. The van der Waals surface area contributed by atoms with E-state index in [4.69, 9.17) is 9.47 Å². The van der Waals surface area contributed by atoms with Gasteiger partial charge in [-0.15, -0.1) is 11.3 Å². The van der Waals surface area contributed by atoms with Crippen molar-refractivity contribution in [1.29, 1.82) is 0 Å². The average molecular weight is 512 g/mol. The first-order chi connectivity index (χ1) is 17.5. The van der Waals surface area contributed by atoms with Gasteiger partial charge in [0.15, 0.2) is 21.3 Å². The minimum absolute atomic E-state index is 0.145. The molecule has 0 aliphatic heterocycles. The third-order valence-electron chi connectivity index (χ3n) is 5.87. The highest BCUT2D eigenvalue weighted by Crippen LogP contribution is 2.36. The molecule has 5 rings (SSSR count). The minimum Gasteiger partial charge on any atom is -0.482 e. The van der Waals surface area contributed by atoms with Gasteiger partial charge >= 0.3 is 5.97 Å². The second kappa shape index (κ2) is 10.6. The molecular formula is C31H27O3S2+. The number of thiophene rings is 1. The summed E-state index contributed by atoms with van der Waals surface area (Å²) in [4.78, 5) is 16.4. The summed E-state index contributed by atoms with van der Waals surface area (Å²) in [6, 6.07) is 37.2. The Kier molecular flexibility index (Phi) is 7.12. The fourth-order valence-electron chi connectivity index (χ4n) is 4.15. The average Bonchev–Trinajstić information content (AvgIpc) is 3.35. The maximum atomic E-state index is 12.7. The lowest BCUT2D eigenvalue weighted by Crippen LogP contribution is -2.28. The highest BCUT2D eigenvalue weighted by atomic mass is 32.2. The summed E-state index contributed by atoms with van der Waals surface area (Å²) in [6.07, 6.45) is 0. The van der Waals surface area contributed by atoms with Gasteiger partial charge in [-0.1, -0.05) is 54.6 Å². The number of fused-ring (bicyclic) bond motifs is 1. The monoisotopic (exact) mass is 511 g/mol. The Bertz CT molecular complexity index is 1400. The lowest BCUT2D eigenvalue weighted by molar-refractivity contribution is -0.159. The van der Waals surface area contributed by atoms with Crippen molar-refractivity contribution in [1.82, 2.24) is 0 Å². The molecule has 0 aliphatic rings. The van der Waals surface area contributed by atoms with Gasteiger partial charge < -0.3 is 9.47 Å². The Morgan fingerprint density at radius 1 is 0.750 bits per heavy atom. The molecule has 0 N–H and O–H groups in total. The quantitative estimate of drug-likeness (QED) is 0.157. The highest BCUT2D eigenvalue weighted by molar-refractivity contribution is 7.97. The molecule has 0 saturated heterocycles. The first-order valence-corrected chi connectivity index (χ1v) is 13.9. The molecule has 36 heavy (non-hydrogen) atoms. The summed E-state index contributed by atoms with van der Waals surface area (Å²) < 4.78 is 12.8. The fraction of sp³-hybridized carbons (Fsp3) is 0.129. The summed E-state index contributed by atoms with van der Waals surface area (Å²) in [5.41, 5.74) is 0.263. The second-order valence-electron chi connectivity index (χ2n) is 8.82. The summed E-state index contributed by atoms with van der Waals surface area (Å²) in [5.74, 6) is 0.242. The van der Waals surface area contributed by atoms with Crippen molar-refractivity contribution in [3.05, 3.63) is 120 Å². The smallest absolute Gasteiger partial charge is 0.345 e. The molecule has 0 saturated carbocycles. The molecule has 1 heterocycles. The van der Waals surface area contributed by atoms with Crippen molar-refractivity contribution in [2.24, 2.45) is 0 Å². The van der Waals surface area contributed by atoms with Crippen LogP contribution >= 0.6 is 11.3 Å². The molecule has 0 aliphatic carbocycles. The molecule has 0 fully saturated rings. The van der Waals surface area contributed by atoms with Gasteiger partial charge in [-0.05, 0) is 79.2 Å². The molecule has 4 aromatic carbocycles. The van der Waals surface area contributed by atoms with E-state index in [1.54, 1.807) is 11.3 Å². The van der Waals surface area contributed by atoms with Crippen molar-refractivity contribution in [3.8, 4) is 5.75 Å². The fourth-order valence-corrected chi connectivity index (χ4v) is 7.35. The van der Waals surface area contributed by atoms with Crippen LogP contribution in [0.25, 0.3) is 10.1 Å². The van der Waals surface area contributed by atoms with Gasteiger partial charge in [0.25, 0.3) is 0 Å². The molecule has 3 nitrogen and oxygen atoms in total.